The van der Waals surface area contributed by atoms with Gasteiger partial charge in [0, 0.05) is 12.8 Å². The Morgan fingerprint density at radius 1 is 1.25 bits per heavy atom. The van der Waals surface area contributed by atoms with Crippen LogP contribution < -0.4 is 16.2 Å². The maximum Gasteiger partial charge on any atom is 0.319 e. The molecular formula is C20H21FN4O3. The predicted molar refractivity (Wildman–Crippen MR) is 105 cm³/mol. The van der Waals surface area contributed by atoms with Crippen molar-refractivity contribution in [2.75, 3.05) is 19.0 Å². The quantitative estimate of drug-likeness (QED) is 0.684. The van der Waals surface area contributed by atoms with Gasteiger partial charge in [-0.15, -0.1) is 0 Å². The van der Waals surface area contributed by atoms with Gasteiger partial charge in [0.15, 0.2) is 0 Å². The molecule has 3 aromatic rings. The normalized spacial score (nSPS) is 12.0. The number of anilines is 1. The summed E-state index contributed by atoms with van der Waals surface area (Å²) < 4.78 is 19.9. The minimum Gasteiger partial charge on any atom is -0.383 e. The Morgan fingerprint density at radius 2 is 2.04 bits per heavy atom. The third-order valence-electron chi connectivity index (χ3n) is 4.23. The molecule has 2 N–H and O–H groups in total. The highest BCUT2D eigenvalue weighted by Gasteiger charge is 2.18. The number of carbonyl (C=O) groups is 1. The Bertz CT molecular complexity index is 1050. The molecule has 0 unspecified atom stereocenters. The van der Waals surface area contributed by atoms with E-state index in [2.05, 4.69) is 15.6 Å². The van der Waals surface area contributed by atoms with Crippen molar-refractivity contribution in [3.63, 3.8) is 0 Å². The van der Waals surface area contributed by atoms with Crippen molar-refractivity contribution in [3.05, 3.63) is 70.5 Å². The van der Waals surface area contributed by atoms with Crippen molar-refractivity contribution < 1.29 is 13.9 Å². The molecular weight excluding hydrogens is 363 g/mol. The van der Waals surface area contributed by atoms with Crippen LogP contribution in [0.1, 0.15) is 18.8 Å². The SMILES string of the molecule is COCCn1c([C@@H](C)NC(=O)Nc2cccc(F)c2)nc2ccccc2c1=O. The molecule has 1 atom stereocenters. The van der Waals surface area contributed by atoms with Gasteiger partial charge in [0.05, 0.1) is 30.1 Å². The number of hydrogen-bond acceptors (Lipinski definition) is 4. The number of fused-ring (bicyclic) bond motifs is 1. The second-order valence-electron chi connectivity index (χ2n) is 6.27. The topological polar surface area (TPSA) is 85.2 Å². The van der Waals surface area contributed by atoms with Crippen LogP contribution in [0.2, 0.25) is 0 Å². The molecule has 8 heteroatoms. The minimum absolute atomic E-state index is 0.197. The van der Waals surface area contributed by atoms with Crippen LogP contribution in [-0.2, 0) is 11.3 Å². The van der Waals surface area contributed by atoms with E-state index < -0.39 is 17.9 Å². The molecule has 7 nitrogen and oxygen atoms in total. The van der Waals surface area contributed by atoms with Crippen LogP contribution in [0.15, 0.2) is 53.3 Å². The molecule has 146 valence electrons. The molecule has 0 saturated carbocycles. The number of methoxy groups -OCH3 is 1. The van der Waals surface area contributed by atoms with Gasteiger partial charge in [0.25, 0.3) is 5.56 Å². The highest BCUT2D eigenvalue weighted by Crippen LogP contribution is 2.15. The monoisotopic (exact) mass is 384 g/mol. The third-order valence-corrected chi connectivity index (χ3v) is 4.23. The summed E-state index contributed by atoms with van der Waals surface area (Å²) in [6.45, 7) is 2.36. The lowest BCUT2D eigenvalue weighted by Crippen LogP contribution is -2.36. The molecule has 0 saturated heterocycles. The first-order chi connectivity index (χ1) is 13.5. The van der Waals surface area contributed by atoms with Crippen LogP contribution in [0.4, 0.5) is 14.9 Å². The lowest BCUT2D eigenvalue weighted by atomic mass is 10.2. The predicted octanol–water partition coefficient (Wildman–Crippen LogP) is 3.06. The Balaban J connectivity index is 1.88. The van der Waals surface area contributed by atoms with Gasteiger partial charge in [0.1, 0.15) is 11.6 Å². The third kappa shape index (κ3) is 4.34. The molecule has 0 radical (unpaired) electrons. The van der Waals surface area contributed by atoms with E-state index in [0.29, 0.717) is 35.6 Å². The smallest absolute Gasteiger partial charge is 0.319 e. The first-order valence-corrected chi connectivity index (χ1v) is 8.81. The van der Waals surface area contributed by atoms with E-state index in [1.165, 1.54) is 22.8 Å². The van der Waals surface area contributed by atoms with Crippen LogP contribution in [0.5, 0.6) is 0 Å². The second kappa shape index (κ2) is 8.62. The van der Waals surface area contributed by atoms with Crippen molar-refractivity contribution in [2.45, 2.75) is 19.5 Å². The fraction of sp³-hybridized carbons (Fsp3) is 0.250. The largest absolute Gasteiger partial charge is 0.383 e. The van der Waals surface area contributed by atoms with Crippen molar-refractivity contribution in [3.8, 4) is 0 Å². The van der Waals surface area contributed by atoms with E-state index in [9.17, 15) is 14.0 Å². The van der Waals surface area contributed by atoms with E-state index in [4.69, 9.17) is 4.74 Å². The number of rotatable bonds is 6. The molecule has 0 aliphatic carbocycles. The van der Waals surface area contributed by atoms with Gasteiger partial charge in [-0.05, 0) is 37.3 Å². The maximum absolute atomic E-state index is 13.3. The number of hydrogen-bond donors (Lipinski definition) is 2. The van der Waals surface area contributed by atoms with Crippen molar-refractivity contribution in [1.29, 1.82) is 0 Å². The lowest BCUT2D eigenvalue weighted by Gasteiger charge is -2.19. The Kier molecular flexibility index (Phi) is 6.00. The number of nitrogens with zero attached hydrogens (tertiary/aromatic N) is 2. The van der Waals surface area contributed by atoms with Crippen molar-refractivity contribution >= 4 is 22.6 Å². The summed E-state index contributed by atoms with van der Waals surface area (Å²) in [4.78, 5) is 29.7. The molecule has 28 heavy (non-hydrogen) atoms. The van der Waals surface area contributed by atoms with Crippen LogP contribution in [0.3, 0.4) is 0 Å². The van der Waals surface area contributed by atoms with E-state index in [-0.39, 0.29) is 5.56 Å². The molecule has 1 aromatic heterocycles. The fourth-order valence-corrected chi connectivity index (χ4v) is 2.91. The highest BCUT2D eigenvalue weighted by molar-refractivity contribution is 5.89. The van der Waals surface area contributed by atoms with Gasteiger partial charge in [-0.25, -0.2) is 14.2 Å². The zero-order valence-electron chi connectivity index (χ0n) is 15.6. The summed E-state index contributed by atoms with van der Waals surface area (Å²) in [5.74, 6) is -0.0365. The second-order valence-corrected chi connectivity index (χ2v) is 6.27. The summed E-state index contributed by atoms with van der Waals surface area (Å²) >= 11 is 0. The Hall–Kier alpha value is -3.26. The number of benzene rings is 2. The van der Waals surface area contributed by atoms with Gasteiger partial charge in [0.2, 0.25) is 0 Å². The molecule has 2 amide bonds. The molecule has 0 aliphatic heterocycles. The average molecular weight is 384 g/mol. The first kappa shape index (κ1) is 19.5. The van der Waals surface area contributed by atoms with Crippen molar-refractivity contribution in [1.82, 2.24) is 14.9 Å². The molecule has 3 rings (SSSR count). The Morgan fingerprint density at radius 3 is 2.79 bits per heavy atom. The molecule has 0 bridgehead atoms. The number of amides is 2. The Labute approximate surface area is 161 Å². The van der Waals surface area contributed by atoms with Gasteiger partial charge < -0.3 is 15.4 Å². The zero-order chi connectivity index (χ0) is 20.1. The van der Waals surface area contributed by atoms with Crippen LogP contribution in [0, 0.1) is 5.82 Å². The van der Waals surface area contributed by atoms with E-state index in [0.717, 1.165) is 0 Å². The number of halogens is 1. The molecule has 0 aliphatic rings. The first-order valence-electron chi connectivity index (χ1n) is 8.81. The van der Waals surface area contributed by atoms with Crippen molar-refractivity contribution in [2.24, 2.45) is 0 Å². The fourth-order valence-electron chi connectivity index (χ4n) is 2.91. The zero-order valence-corrected chi connectivity index (χ0v) is 15.6. The van der Waals surface area contributed by atoms with Gasteiger partial charge in [-0.3, -0.25) is 9.36 Å². The lowest BCUT2D eigenvalue weighted by molar-refractivity contribution is 0.184. The maximum atomic E-state index is 13.3. The molecule has 0 spiro atoms. The average Bonchev–Trinajstić information content (AvgIpc) is 2.67. The van der Waals surface area contributed by atoms with Gasteiger partial charge >= 0.3 is 6.03 Å². The summed E-state index contributed by atoms with van der Waals surface area (Å²) in [5, 5.41) is 5.80. The van der Waals surface area contributed by atoms with E-state index in [1.807, 2.05) is 0 Å². The number of aromatic nitrogens is 2. The van der Waals surface area contributed by atoms with Crippen LogP contribution in [-0.4, -0.2) is 29.3 Å². The highest BCUT2D eigenvalue weighted by atomic mass is 19.1. The number of ether oxygens (including phenoxy) is 1. The number of urea groups is 1. The molecule has 0 fully saturated rings. The summed E-state index contributed by atoms with van der Waals surface area (Å²) in [6, 6.07) is 11.5. The van der Waals surface area contributed by atoms with Gasteiger partial charge in [-0.1, -0.05) is 18.2 Å². The number of para-hydroxylation sites is 1. The summed E-state index contributed by atoms with van der Waals surface area (Å²) in [5.41, 5.74) is 0.681. The standard InChI is InChI=1S/C20H21FN4O3/c1-13(22-20(27)23-15-7-5-6-14(21)12-15)18-24-17-9-4-3-8-16(17)19(26)25(18)10-11-28-2/h3-9,12-13H,10-11H2,1-2H3,(H2,22,23,27)/t13-/m1/s1. The number of nitrogens with one attached hydrogen (secondary N) is 2. The summed E-state index contributed by atoms with van der Waals surface area (Å²) in [7, 11) is 1.55. The van der Waals surface area contributed by atoms with Crippen LogP contribution >= 0.6 is 0 Å². The molecule has 2 aromatic carbocycles. The van der Waals surface area contributed by atoms with Crippen LogP contribution in [0.25, 0.3) is 10.9 Å². The summed E-state index contributed by atoms with van der Waals surface area (Å²) in [6.07, 6.45) is 0. The minimum atomic E-state index is -0.567. The molecule has 1 heterocycles. The van der Waals surface area contributed by atoms with E-state index in [1.54, 1.807) is 44.4 Å². The number of carbonyl (C=O) groups excluding carboxylic acids is 1. The van der Waals surface area contributed by atoms with E-state index >= 15 is 0 Å². The van der Waals surface area contributed by atoms with Gasteiger partial charge in [-0.2, -0.15) is 0 Å².